The fraction of sp³-hybridized carbons (Fsp3) is 0.375. The summed E-state index contributed by atoms with van der Waals surface area (Å²) >= 11 is 0. The molecular weight excluding hydrogens is 168 g/mol. The van der Waals surface area contributed by atoms with E-state index in [9.17, 15) is 4.79 Å². The lowest BCUT2D eigenvalue weighted by molar-refractivity contribution is 0.217. The lowest BCUT2D eigenvalue weighted by atomic mass is 10.4. The molecule has 0 aliphatic heterocycles. The van der Waals surface area contributed by atoms with Crippen molar-refractivity contribution in [3.63, 3.8) is 0 Å². The van der Waals surface area contributed by atoms with E-state index in [0.717, 1.165) is 5.69 Å². The number of rotatable bonds is 2. The van der Waals surface area contributed by atoms with Crippen molar-refractivity contribution in [1.29, 1.82) is 0 Å². The van der Waals surface area contributed by atoms with E-state index in [1.165, 1.54) is 11.2 Å². The highest BCUT2D eigenvalue weighted by atomic mass is 16.2. The van der Waals surface area contributed by atoms with E-state index in [2.05, 4.69) is 15.3 Å². The van der Waals surface area contributed by atoms with Crippen LogP contribution in [0, 0.1) is 0 Å². The number of carbonyl (C=O) groups excluding carboxylic acids is 1. The van der Waals surface area contributed by atoms with Gasteiger partial charge in [0.1, 0.15) is 6.33 Å². The number of carbonyl (C=O) groups is 1. The summed E-state index contributed by atoms with van der Waals surface area (Å²) in [4.78, 5) is 20.3. The van der Waals surface area contributed by atoms with Gasteiger partial charge in [0.15, 0.2) is 0 Å². The summed E-state index contributed by atoms with van der Waals surface area (Å²) in [6.07, 6.45) is 3.10. The highest BCUT2D eigenvalue weighted by Gasteiger charge is 2.01. The number of urea groups is 1. The van der Waals surface area contributed by atoms with Crippen LogP contribution in [0.3, 0.4) is 0 Å². The number of hydrogen-bond donors (Lipinski definition) is 1. The fourth-order valence-electron chi connectivity index (χ4n) is 0.747. The first kappa shape index (κ1) is 9.44. The zero-order valence-corrected chi connectivity index (χ0v) is 7.69. The summed E-state index contributed by atoms with van der Waals surface area (Å²) in [5.74, 6) is 0. The van der Waals surface area contributed by atoms with Gasteiger partial charge in [-0.05, 0) is 6.07 Å². The first-order valence-corrected chi connectivity index (χ1v) is 3.90. The Bertz CT molecular complexity index is 273. The Morgan fingerprint density at radius 3 is 2.92 bits per heavy atom. The first-order chi connectivity index (χ1) is 6.20. The third kappa shape index (κ3) is 3.06. The number of nitrogens with zero attached hydrogens (tertiary/aromatic N) is 3. The average molecular weight is 180 g/mol. The zero-order valence-electron chi connectivity index (χ0n) is 7.69. The lowest BCUT2D eigenvalue weighted by Gasteiger charge is -2.10. The van der Waals surface area contributed by atoms with E-state index in [4.69, 9.17) is 0 Å². The molecule has 0 atom stereocenters. The summed E-state index contributed by atoms with van der Waals surface area (Å²) < 4.78 is 0. The summed E-state index contributed by atoms with van der Waals surface area (Å²) in [7, 11) is 3.38. The molecule has 5 heteroatoms. The van der Waals surface area contributed by atoms with Gasteiger partial charge < -0.3 is 10.2 Å². The molecule has 5 nitrogen and oxygen atoms in total. The van der Waals surface area contributed by atoms with Gasteiger partial charge in [0.25, 0.3) is 0 Å². The Kier molecular flexibility index (Phi) is 3.19. The standard InChI is InChI=1S/C8H12N4O/c1-12(2)8(13)10-5-7-3-4-9-6-11-7/h3-4,6H,5H2,1-2H3,(H,10,13). The van der Waals surface area contributed by atoms with E-state index in [1.54, 1.807) is 26.4 Å². The molecule has 1 aromatic rings. The normalized spacial score (nSPS) is 9.38. The van der Waals surface area contributed by atoms with Crippen LogP contribution in [-0.2, 0) is 6.54 Å². The second kappa shape index (κ2) is 4.39. The maximum absolute atomic E-state index is 11.1. The molecule has 1 aromatic heterocycles. The third-order valence-corrected chi connectivity index (χ3v) is 1.47. The van der Waals surface area contributed by atoms with Crippen molar-refractivity contribution in [2.75, 3.05) is 14.1 Å². The van der Waals surface area contributed by atoms with Crippen molar-refractivity contribution in [2.24, 2.45) is 0 Å². The van der Waals surface area contributed by atoms with Crippen LogP contribution < -0.4 is 5.32 Å². The molecule has 13 heavy (non-hydrogen) atoms. The summed E-state index contributed by atoms with van der Waals surface area (Å²) in [5, 5.41) is 2.70. The maximum atomic E-state index is 11.1. The lowest BCUT2D eigenvalue weighted by Crippen LogP contribution is -2.34. The third-order valence-electron chi connectivity index (χ3n) is 1.47. The molecule has 0 aliphatic carbocycles. The Morgan fingerprint density at radius 2 is 2.38 bits per heavy atom. The molecule has 1 N–H and O–H groups in total. The van der Waals surface area contributed by atoms with Crippen LogP contribution >= 0.6 is 0 Å². The van der Waals surface area contributed by atoms with Crippen LogP contribution in [0.4, 0.5) is 4.79 Å². The molecule has 0 saturated heterocycles. The second-order valence-electron chi connectivity index (χ2n) is 2.75. The van der Waals surface area contributed by atoms with Crippen LogP contribution in [0.5, 0.6) is 0 Å². The van der Waals surface area contributed by atoms with E-state index in [-0.39, 0.29) is 6.03 Å². The summed E-state index contributed by atoms with van der Waals surface area (Å²) in [6.45, 7) is 0.430. The van der Waals surface area contributed by atoms with E-state index in [0.29, 0.717) is 6.54 Å². The molecule has 0 fully saturated rings. The quantitative estimate of drug-likeness (QED) is 0.709. The van der Waals surface area contributed by atoms with Gasteiger partial charge in [-0.3, -0.25) is 0 Å². The van der Waals surface area contributed by atoms with E-state index >= 15 is 0 Å². The molecule has 0 aromatic carbocycles. The fourth-order valence-corrected chi connectivity index (χ4v) is 0.747. The first-order valence-electron chi connectivity index (χ1n) is 3.90. The number of amides is 2. The average Bonchev–Trinajstić information content (AvgIpc) is 2.15. The number of nitrogens with one attached hydrogen (secondary N) is 1. The maximum Gasteiger partial charge on any atom is 0.317 e. The molecular formula is C8H12N4O. The summed E-state index contributed by atoms with van der Waals surface area (Å²) in [6, 6.07) is 1.63. The van der Waals surface area contributed by atoms with Crippen molar-refractivity contribution in [3.8, 4) is 0 Å². The van der Waals surface area contributed by atoms with Gasteiger partial charge in [0.2, 0.25) is 0 Å². The van der Waals surface area contributed by atoms with Gasteiger partial charge in [0.05, 0.1) is 12.2 Å². The van der Waals surface area contributed by atoms with Gasteiger partial charge in [-0.2, -0.15) is 0 Å². The predicted molar refractivity (Wildman–Crippen MR) is 48.0 cm³/mol. The van der Waals surface area contributed by atoms with Gasteiger partial charge in [-0.25, -0.2) is 14.8 Å². The second-order valence-corrected chi connectivity index (χ2v) is 2.75. The van der Waals surface area contributed by atoms with Crippen LogP contribution in [0.25, 0.3) is 0 Å². The zero-order chi connectivity index (χ0) is 9.68. The van der Waals surface area contributed by atoms with E-state index in [1.807, 2.05) is 0 Å². The Hall–Kier alpha value is -1.65. The minimum Gasteiger partial charge on any atom is -0.332 e. The van der Waals surface area contributed by atoms with Crippen molar-refractivity contribution in [2.45, 2.75) is 6.54 Å². The topological polar surface area (TPSA) is 58.1 Å². The minimum absolute atomic E-state index is 0.126. The highest BCUT2D eigenvalue weighted by Crippen LogP contribution is 1.90. The number of aromatic nitrogens is 2. The van der Waals surface area contributed by atoms with Crippen molar-refractivity contribution >= 4 is 6.03 Å². The van der Waals surface area contributed by atoms with Gasteiger partial charge in [0, 0.05) is 20.3 Å². The van der Waals surface area contributed by atoms with Crippen LogP contribution in [0.15, 0.2) is 18.6 Å². The molecule has 0 spiro atoms. The monoisotopic (exact) mass is 180 g/mol. The molecule has 0 bridgehead atoms. The largest absolute Gasteiger partial charge is 0.332 e. The molecule has 0 unspecified atom stereocenters. The Balaban J connectivity index is 2.40. The van der Waals surface area contributed by atoms with Crippen molar-refractivity contribution < 1.29 is 4.79 Å². The SMILES string of the molecule is CN(C)C(=O)NCc1ccncn1. The molecule has 1 heterocycles. The Labute approximate surface area is 76.8 Å². The molecule has 0 aliphatic rings. The smallest absolute Gasteiger partial charge is 0.317 e. The number of hydrogen-bond acceptors (Lipinski definition) is 3. The van der Waals surface area contributed by atoms with Crippen LogP contribution in [0.2, 0.25) is 0 Å². The summed E-state index contributed by atoms with van der Waals surface area (Å²) in [5.41, 5.74) is 0.796. The van der Waals surface area contributed by atoms with E-state index < -0.39 is 0 Å². The van der Waals surface area contributed by atoms with Gasteiger partial charge in [-0.1, -0.05) is 0 Å². The van der Waals surface area contributed by atoms with Crippen LogP contribution in [-0.4, -0.2) is 35.0 Å². The van der Waals surface area contributed by atoms with Gasteiger partial charge >= 0.3 is 6.03 Å². The van der Waals surface area contributed by atoms with Crippen molar-refractivity contribution in [1.82, 2.24) is 20.2 Å². The molecule has 70 valence electrons. The van der Waals surface area contributed by atoms with Crippen molar-refractivity contribution in [3.05, 3.63) is 24.3 Å². The molecule has 0 saturated carbocycles. The predicted octanol–water partition coefficient (Wildman–Crippen LogP) is 0.248. The Morgan fingerprint density at radius 1 is 1.62 bits per heavy atom. The molecule has 0 radical (unpaired) electrons. The molecule has 1 rings (SSSR count). The molecule has 2 amide bonds. The van der Waals surface area contributed by atoms with Gasteiger partial charge in [-0.15, -0.1) is 0 Å². The van der Waals surface area contributed by atoms with Crippen LogP contribution in [0.1, 0.15) is 5.69 Å². The highest BCUT2D eigenvalue weighted by molar-refractivity contribution is 5.73. The minimum atomic E-state index is -0.126.